The van der Waals surface area contributed by atoms with Crippen LogP contribution in [0.15, 0.2) is 24.3 Å². The van der Waals surface area contributed by atoms with E-state index in [4.69, 9.17) is 16.3 Å². The number of nitrogens with zero attached hydrogens (tertiary/aromatic N) is 2. The number of hydrogen-bond acceptors (Lipinski definition) is 5. The molecule has 0 aliphatic heterocycles. The van der Waals surface area contributed by atoms with Gasteiger partial charge in [-0.3, -0.25) is 10.1 Å². The standard InChI is InChI=1S/C20H25ClN4O4/c1-12(2)9-22-20(28)23-16(26)11-29-19(27)17-14(4)24-25(18(17)21)10-15-7-5-13(3)6-8-15/h5-8,12H,9-11H2,1-4H3,(H2,22,23,26,28). The number of rotatable bonds is 7. The van der Waals surface area contributed by atoms with E-state index in [0.717, 1.165) is 11.1 Å². The molecule has 0 aliphatic rings. The van der Waals surface area contributed by atoms with Crippen molar-refractivity contribution in [2.24, 2.45) is 5.92 Å². The number of aryl methyl sites for hydroxylation is 2. The Labute approximate surface area is 174 Å². The van der Waals surface area contributed by atoms with Crippen LogP contribution in [0.5, 0.6) is 0 Å². The SMILES string of the molecule is Cc1ccc(Cn2nc(C)c(C(=O)OCC(=O)NC(=O)NCC(C)C)c2Cl)cc1. The molecule has 0 bridgehead atoms. The first kappa shape index (κ1) is 22.4. The van der Waals surface area contributed by atoms with Gasteiger partial charge in [0.15, 0.2) is 6.61 Å². The Hall–Kier alpha value is -2.87. The van der Waals surface area contributed by atoms with Gasteiger partial charge in [-0.1, -0.05) is 55.3 Å². The summed E-state index contributed by atoms with van der Waals surface area (Å²) < 4.78 is 6.49. The molecule has 3 amide bonds. The molecule has 29 heavy (non-hydrogen) atoms. The Morgan fingerprint density at radius 3 is 2.45 bits per heavy atom. The minimum Gasteiger partial charge on any atom is -0.452 e. The monoisotopic (exact) mass is 420 g/mol. The summed E-state index contributed by atoms with van der Waals surface area (Å²) in [5, 5.41) is 9.04. The highest BCUT2D eigenvalue weighted by atomic mass is 35.5. The van der Waals surface area contributed by atoms with Crippen molar-refractivity contribution in [3.63, 3.8) is 0 Å². The Bertz CT molecular complexity index is 891. The number of aromatic nitrogens is 2. The molecule has 9 heteroatoms. The van der Waals surface area contributed by atoms with Gasteiger partial charge in [-0.15, -0.1) is 0 Å². The maximum Gasteiger partial charge on any atom is 0.343 e. The number of ether oxygens (including phenoxy) is 1. The van der Waals surface area contributed by atoms with E-state index in [0.29, 0.717) is 18.8 Å². The third-order valence-corrected chi connectivity index (χ3v) is 4.36. The molecular formula is C20H25ClN4O4. The van der Waals surface area contributed by atoms with Crippen molar-refractivity contribution in [1.82, 2.24) is 20.4 Å². The summed E-state index contributed by atoms with van der Waals surface area (Å²) in [6.45, 7) is 7.69. The minimum absolute atomic E-state index is 0.0934. The van der Waals surface area contributed by atoms with E-state index in [1.807, 2.05) is 45.0 Å². The number of carbonyl (C=O) groups excluding carboxylic acids is 3. The fraction of sp³-hybridized carbons (Fsp3) is 0.400. The fourth-order valence-corrected chi connectivity index (χ4v) is 2.77. The van der Waals surface area contributed by atoms with Crippen molar-refractivity contribution in [3.05, 3.63) is 51.8 Å². The van der Waals surface area contributed by atoms with Gasteiger partial charge < -0.3 is 10.1 Å². The summed E-state index contributed by atoms with van der Waals surface area (Å²) in [6, 6.07) is 7.22. The van der Waals surface area contributed by atoms with Crippen molar-refractivity contribution >= 4 is 29.5 Å². The highest BCUT2D eigenvalue weighted by molar-refractivity contribution is 6.32. The van der Waals surface area contributed by atoms with E-state index in [1.54, 1.807) is 6.92 Å². The lowest BCUT2D eigenvalue weighted by atomic mass is 10.1. The van der Waals surface area contributed by atoms with Crippen LogP contribution in [-0.4, -0.2) is 40.8 Å². The van der Waals surface area contributed by atoms with Crippen LogP contribution in [0.25, 0.3) is 0 Å². The maximum absolute atomic E-state index is 12.4. The zero-order chi connectivity index (χ0) is 21.6. The number of hydrogen-bond donors (Lipinski definition) is 2. The van der Waals surface area contributed by atoms with Crippen molar-refractivity contribution in [3.8, 4) is 0 Å². The van der Waals surface area contributed by atoms with Crippen LogP contribution in [0.2, 0.25) is 5.15 Å². The lowest BCUT2D eigenvalue weighted by molar-refractivity contribution is -0.123. The summed E-state index contributed by atoms with van der Waals surface area (Å²) >= 11 is 6.31. The molecule has 0 saturated carbocycles. The van der Waals surface area contributed by atoms with Crippen molar-refractivity contribution in [2.45, 2.75) is 34.2 Å². The van der Waals surface area contributed by atoms with E-state index < -0.39 is 24.5 Å². The quantitative estimate of drug-likeness (QED) is 0.670. The summed E-state index contributed by atoms with van der Waals surface area (Å²) in [5.74, 6) is -1.27. The number of benzene rings is 1. The van der Waals surface area contributed by atoms with E-state index in [9.17, 15) is 14.4 Å². The van der Waals surface area contributed by atoms with Crippen LogP contribution >= 0.6 is 11.6 Å². The number of urea groups is 1. The molecule has 0 atom stereocenters. The van der Waals surface area contributed by atoms with Gasteiger partial charge in [0.25, 0.3) is 5.91 Å². The van der Waals surface area contributed by atoms with Gasteiger partial charge in [0.2, 0.25) is 0 Å². The smallest absolute Gasteiger partial charge is 0.343 e. The van der Waals surface area contributed by atoms with Gasteiger partial charge in [-0.05, 0) is 25.3 Å². The Morgan fingerprint density at radius 1 is 1.17 bits per heavy atom. The first-order valence-electron chi connectivity index (χ1n) is 9.20. The lowest BCUT2D eigenvalue weighted by Gasteiger charge is -2.09. The lowest BCUT2D eigenvalue weighted by Crippen LogP contribution is -2.42. The molecule has 0 radical (unpaired) electrons. The van der Waals surface area contributed by atoms with Gasteiger partial charge in [0, 0.05) is 6.54 Å². The fourth-order valence-electron chi connectivity index (χ4n) is 2.46. The number of nitrogens with one attached hydrogen (secondary N) is 2. The highest BCUT2D eigenvalue weighted by Gasteiger charge is 2.23. The molecule has 2 aromatic rings. The highest BCUT2D eigenvalue weighted by Crippen LogP contribution is 2.22. The molecule has 0 saturated heterocycles. The Kier molecular flexibility index (Phi) is 7.78. The number of esters is 1. The summed E-state index contributed by atoms with van der Waals surface area (Å²) in [5.41, 5.74) is 2.60. The first-order chi connectivity index (χ1) is 13.7. The molecule has 8 nitrogen and oxygen atoms in total. The van der Waals surface area contributed by atoms with Crippen molar-refractivity contribution in [1.29, 1.82) is 0 Å². The van der Waals surface area contributed by atoms with E-state index in [1.165, 1.54) is 4.68 Å². The predicted octanol–water partition coefficient (Wildman–Crippen LogP) is 2.84. The molecule has 0 fully saturated rings. The molecule has 1 aromatic carbocycles. The average molecular weight is 421 g/mol. The van der Waals surface area contributed by atoms with Gasteiger partial charge in [-0.2, -0.15) is 5.10 Å². The van der Waals surface area contributed by atoms with Crippen LogP contribution in [0.4, 0.5) is 4.79 Å². The molecule has 2 N–H and O–H groups in total. The zero-order valence-electron chi connectivity index (χ0n) is 16.9. The van der Waals surface area contributed by atoms with Gasteiger partial charge in [0.05, 0.1) is 12.2 Å². The number of carbonyl (C=O) groups is 3. The molecule has 0 aliphatic carbocycles. The Balaban J connectivity index is 1.95. The molecule has 0 spiro atoms. The van der Waals surface area contributed by atoms with Crippen LogP contribution < -0.4 is 10.6 Å². The second kappa shape index (κ2) is 10.1. The van der Waals surface area contributed by atoms with Crippen molar-refractivity contribution < 1.29 is 19.1 Å². The van der Waals surface area contributed by atoms with Crippen LogP contribution in [0.1, 0.15) is 41.0 Å². The van der Waals surface area contributed by atoms with Gasteiger partial charge >= 0.3 is 12.0 Å². The minimum atomic E-state index is -0.777. The summed E-state index contributed by atoms with van der Waals surface area (Å²) in [7, 11) is 0. The Morgan fingerprint density at radius 2 is 1.83 bits per heavy atom. The molecule has 0 unspecified atom stereocenters. The molecule has 1 heterocycles. The number of halogens is 1. The van der Waals surface area contributed by atoms with Crippen LogP contribution in [0.3, 0.4) is 0 Å². The van der Waals surface area contributed by atoms with E-state index in [2.05, 4.69) is 15.7 Å². The van der Waals surface area contributed by atoms with Gasteiger partial charge in [-0.25, -0.2) is 14.3 Å². The van der Waals surface area contributed by atoms with E-state index in [-0.39, 0.29) is 16.6 Å². The predicted molar refractivity (Wildman–Crippen MR) is 109 cm³/mol. The topological polar surface area (TPSA) is 102 Å². The normalized spacial score (nSPS) is 10.7. The zero-order valence-corrected chi connectivity index (χ0v) is 17.7. The van der Waals surface area contributed by atoms with Crippen LogP contribution in [-0.2, 0) is 16.1 Å². The molecular weight excluding hydrogens is 396 g/mol. The van der Waals surface area contributed by atoms with Crippen LogP contribution in [0, 0.1) is 19.8 Å². The summed E-state index contributed by atoms with van der Waals surface area (Å²) in [4.78, 5) is 35.7. The maximum atomic E-state index is 12.4. The first-order valence-corrected chi connectivity index (χ1v) is 9.58. The molecule has 2 rings (SSSR count). The second-order valence-electron chi connectivity index (χ2n) is 7.12. The largest absolute Gasteiger partial charge is 0.452 e. The number of imide groups is 1. The second-order valence-corrected chi connectivity index (χ2v) is 7.48. The van der Waals surface area contributed by atoms with Crippen molar-refractivity contribution in [2.75, 3.05) is 13.2 Å². The summed E-state index contributed by atoms with van der Waals surface area (Å²) in [6.07, 6.45) is 0. The number of amides is 3. The third kappa shape index (κ3) is 6.60. The van der Waals surface area contributed by atoms with E-state index >= 15 is 0 Å². The third-order valence-electron chi connectivity index (χ3n) is 3.98. The molecule has 1 aromatic heterocycles. The van der Waals surface area contributed by atoms with Gasteiger partial charge in [0.1, 0.15) is 10.7 Å². The average Bonchev–Trinajstić information content (AvgIpc) is 2.93. The molecule has 156 valence electrons.